The molecule has 0 radical (unpaired) electrons. The predicted octanol–water partition coefficient (Wildman–Crippen LogP) is 5.53. The van der Waals surface area contributed by atoms with Crippen molar-refractivity contribution in [3.63, 3.8) is 0 Å². The van der Waals surface area contributed by atoms with E-state index in [2.05, 4.69) is 40.0 Å². The summed E-state index contributed by atoms with van der Waals surface area (Å²) in [5, 5.41) is 2.38. The van der Waals surface area contributed by atoms with Crippen LogP contribution in [0.1, 0.15) is 30.7 Å². The summed E-state index contributed by atoms with van der Waals surface area (Å²) >= 11 is 15.9. The number of nitrogens with zero attached hydrogens (tertiary/aromatic N) is 1. The molecule has 2 aliphatic rings. The zero-order valence-corrected chi connectivity index (χ0v) is 16.2. The molecule has 5 heteroatoms. The summed E-state index contributed by atoms with van der Waals surface area (Å²) < 4.78 is 0. The fraction of sp³-hybridized carbons (Fsp3) is 0.600. The van der Waals surface area contributed by atoms with Crippen LogP contribution in [0.5, 0.6) is 0 Å². The van der Waals surface area contributed by atoms with Crippen LogP contribution in [0.25, 0.3) is 0 Å². The molecule has 1 aromatic rings. The SMILES string of the molecule is Br.CN1C2CC[C@@H]1[C@H](CBr)[C@@H](c1ccc(Cl)c(Cl)c1)C2. The number of hydrogen-bond donors (Lipinski definition) is 0. The van der Waals surface area contributed by atoms with Crippen LogP contribution in [0, 0.1) is 5.92 Å². The normalized spacial score (nSPS) is 33.0. The fourth-order valence-electron chi connectivity index (χ4n) is 3.91. The van der Waals surface area contributed by atoms with E-state index in [4.69, 9.17) is 23.2 Å². The van der Waals surface area contributed by atoms with Crippen molar-refractivity contribution in [1.29, 1.82) is 0 Å². The van der Waals surface area contributed by atoms with E-state index in [0.717, 1.165) is 11.4 Å². The Labute approximate surface area is 149 Å². The van der Waals surface area contributed by atoms with Gasteiger partial charge in [-0.3, -0.25) is 0 Å². The summed E-state index contributed by atoms with van der Waals surface area (Å²) in [6, 6.07) is 7.59. The average Bonchev–Trinajstić information content (AvgIpc) is 2.65. The van der Waals surface area contributed by atoms with Crippen molar-refractivity contribution in [3.8, 4) is 0 Å². The monoisotopic (exact) mass is 441 g/mol. The minimum absolute atomic E-state index is 0. The van der Waals surface area contributed by atoms with Crippen molar-refractivity contribution < 1.29 is 0 Å². The molecule has 0 spiro atoms. The summed E-state index contributed by atoms with van der Waals surface area (Å²) in [6.07, 6.45) is 3.90. The van der Waals surface area contributed by atoms with Crippen molar-refractivity contribution >= 4 is 56.1 Å². The third-order valence-corrected chi connectivity index (χ3v) is 6.47. The first kappa shape index (κ1) is 17.1. The van der Waals surface area contributed by atoms with E-state index in [-0.39, 0.29) is 17.0 Å². The Morgan fingerprint density at radius 2 is 2.00 bits per heavy atom. The van der Waals surface area contributed by atoms with Crippen LogP contribution in [0.4, 0.5) is 0 Å². The lowest BCUT2D eigenvalue weighted by atomic mass is 9.77. The highest BCUT2D eigenvalue weighted by atomic mass is 79.9. The Morgan fingerprint density at radius 1 is 1.25 bits per heavy atom. The van der Waals surface area contributed by atoms with Crippen LogP contribution in [-0.2, 0) is 0 Å². The lowest BCUT2D eigenvalue weighted by molar-refractivity contribution is 0.113. The number of rotatable bonds is 2. The van der Waals surface area contributed by atoms with Gasteiger partial charge in [0.25, 0.3) is 0 Å². The first-order chi connectivity index (χ1) is 9.11. The summed E-state index contributed by atoms with van der Waals surface area (Å²) in [5.41, 5.74) is 1.35. The smallest absolute Gasteiger partial charge is 0.0595 e. The molecule has 2 saturated heterocycles. The Balaban J connectivity index is 0.00000147. The zero-order valence-electron chi connectivity index (χ0n) is 11.4. The number of alkyl halides is 1. The minimum Gasteiger partial charge on any atom is -0.300 e. The van der Waals surface area contributed by atoms with Gasteiger partial charge in [0.15, 0.2) is 0 Å². The van der Waals surface area contributed by atoms with Gasteiger partial charge in [0, 0.05) is 17.4 Å². The van der Waals surface area contributed by atoms with Crippen LogP contribution in [0.3, 0.4) is 0 Å². The number of piperidine rings is 1. The molecule has 112 valence electrons. The van der Waals surface area contributed by atoms with E-state index < -0.39 is 0 Å². The van der Waals surface area contributed by atoms with Crippen LogP contribution in [0.2, 0.25) is 10.0 Å². The number of halogens is 4. The zero-order chi connectivity index (χ0) is 13.6. The first-order valence-corrected chi connectivity index (χ1v) is 8.72. The second kappa shape index (κ2) is 6.87. The van der Waals surface area contributed by atoms with Gasteiger partial charge >= 0.3 is 0 Å². The van der Waals surface area contributed by atoms with Gasteiger partial charge in [0.1, 0.15) is 0 Å². The number of hydrogen-bond acceptors (Lipinski definition) is 1. The van der Waals surface area contributed by atoms with E-state index in [0.29, 0.717) is 27.9 Å². The van der Waals surface area contributed by atoms with Gasteiger partial charge in [-0.25, -0.2) is 0 Å². The molecule has 0 amide bonds. The van der Waals surface area contributed by atoms with E-state index >= 15 is 0 Å². The molecular weight excluding hydrogens is 425 g/mol. The maximum atomic E-state index is 6.19. The molecule has 2 heterocycles. The Kier molecular flexibility index (Phi) is 5.87. The summed E-state index contributed by atoms with van der Waals surface area (Å²) in [6.45, 7) is 0. The standard InChI is InChI=1S/C15H18BrCl2N.BrH/c1-19-10-3-5-15(19)12(8-16)11(7-10)9-2-4-13(17)14(18)6-9;/h2,4,6,10-12,15H,3,5,7-8H2,1H3;1H/t10?,11-,12-,15-;/m1./s1. The molecule has 1 aromatic carbocycles. The predicted molar refractivity (Wildman–Crippen MR) is 96.0 cm³/mol. The summed E-state index contributed by atoms with van der Waals surface area (Å²) in [7, 11) is 2.28. The molecule has 2 aliphatic heterocycles. The van der Waals surface area contributed by atoms with Gasteiger partial charge in [0.05, 0.1) is 10.0 Å². The first-order valence-electron chi connectivity index (χ1n) is 6.84. The van der Waals surface area contributed by atoms with Gasteiger partial charge in [-0.05, 0) is 55.8 Å². The van der Waals surface area contributed by atoms with Crippen molar-refractivity contribution in [2.45, 2.75) is 37.3 Å². The lowest BCUT2D eigenvalue weighted by Gasteiger charge is -2.42. The Bertz CT molecular complexity index is 483. The molecule has 4 atom stereocenters. The molecule has 3 rings (SSSR count). The second-order valence-corrected chi connectivity index (χ2v) is 7.26. The summed E-state index contributed by atoms with van der Waals surface area (Å²) in [5.74, 6) is 1.27. The highest BCUT2D eigenvalue weighted by Crippen LogP contribution is 2.47. The van der Waals surface area contributed by atoms with Gasteiger partial charge in [0.2, 0.25) is 0 Å². The maximum Gasteiger partial charge on any atom is 0.0595 e. The molecule has 1 unspecified atom stereocenters. The average molecular weight is 444 g/mol. The Hall–Kier alpha value is 0.720. The lowest BCUT2D eigenvalue weighted by Crippen LogP contribution is -2.46. The summed E-state index contributed by atoms with van der Waals surface area (Å²) in [4.78, 5) is 2.58. The van der Waals surface area contributed by atoms with Crippen LogP contribution in [-0.4, -0.2) is 29.4 Å². The van der Waals surface area contributed by atoms with Gasteiger partial charge in [-0.2, -0.15) is 0 Å². The van der Waals surface area contributed by atoms with Gasteiger partial charge in [-0.1, -0.05) is 45.2 Å². The third-order valence-electron chi connectivity index (χ3n) is 4.98. The molecule has 0 aromatic heterocycles. The molecule has 2 bridgehead atoms. The van der Waals surface area contributed by atoms with Crippen LogP contribution < -0.4 is 0 Å². The van der Waals surface area contributed by atoms with Crippen molar-refractivity contribution in [2.24, 2.45) is 5.92 Å². The van der Waals surface area contributed by atoms with Gasteiger partial charge < -0.3 is 4.90 Å². The van der Waals surface area contributed by atoms with E-state index in [1.54, 1.807) is 0 Å². The topological polar surface area (TPSA) is 3.24 Å². The second-order valence-electron chi connectivity index (χ2n) is 5.80. The largest absolute Gasteiger partial charge is 0.300 e. The van der Waals surface area contributed by atoms with Crippen molar-refractivity contribution in [3.05, 3.63) is 33.8 Å². The minimum atomic E-state index is 0. The third kappa shape index (κ3) is 2.94. The van der Waals surface area contributed by atoms with E-state index in [9.17, 15) is 0 Å². The molecule has 1 nitrogen and oxygen atoms in total. The molecule has 0 saturated carbocycles. The quantitative estimate of drug-likeness (QED) is 0.543. The Morgan fingerprint density at radius 3 is 2.65 bits per heavy atom. The highest BCUT2D eigenvalue weighted by molar-refractivity contribution is 9.09. The molecule has 2 fully saturated rings. The van der Waals surface area contributed by atoms with Crippen LogP contribution >= 0.6 is 56.1 Å². The highest BCUT2D eigenvalue weighted by Gasteiger charge is 2.45. The number of fused-ring (bicyclic) bond motifs is 2. The maximum absolute atomic E-state index is 6.19. The van der Waals surface area contributed by atoms with E-state index in [1.165, 1.54) is 24.8 Å². The van der Waals surface area contributed by atoms with Crippen molar-refractivity contribution in [1.82, 2.24) is 4.90 Å². The molecule has 0 aliphatic carbocycles. The van der Waals surface area contributed by atoms with E-state index in [1.807, 2.05) is 6.07 Å². The fourth-order valence-corrected chi connectivity index (χ4v) is 5.10. The van der Waals surface area contributed by atoms with Crippen molar-refractivity contribution in [2.75, 3.05) is 12.4 Å². The molecular formula is C15H19Br2Cl2N. The van der Waals surface area contributed by atoms with Crippen LogP contribution in [0.15, 0.2) is 18.2 Å². The van der Waals surface area contributed by atoms with Gasteiger partial charge in [-0.15, -0.1) is 17.0 Å². The molecule has 20 heavy (non-hydrogen) atoms. The number of benzene rings is 1. The molecule has 0 N–H and O–H groups in total.